The molecule has 1 fully saturated rings. The molecular weight excluding hydrogens is 544 g/mol. The number of nitrogens with one attached hydrogen (secondary N) is 2. The molecule has 2 N–H and O–H groups in total. The average Bonchev–Trinajstić information content (AvgIpc) is 3.71. The fraction of sp³-hybridized carbons (Fsp3) is 0.212. The van der Waals surface area contributed by atoms with Crippen molar-refractivity contribution in [3.05, 3.63) is 108 Å². The molecule has 5 aromatic rings. The van der Waals surface area contributed by atoms with Gasteiger partial charge >= 0.3 is 0 Å². The van der Waals surface area contributed by atoms with E-state index >= 15 is 0 Å². The lowest BCUT2D eigenvalue weighted by Crippen LogP contribution is -2.44. The number of ether oxygens (including phenoxy) is 1. The van der Waals surface area contributed by atoms with Crippen LogP contribution in [-0.4, -0.2) is 52.7 Å². The molecule has 3 heterocycles. The first-order valence-electron chi connectivity index (χ1n) is 14.0. The summed E-state index contributed by atoms with van der Waals surface area (Å²) in [6.07, 6.45) is 4.85. The first kappa shape index (κ1) is 27.8. The van der Waals surface area contributed by atoms with Crippen LogP contribution >= 0.6 is 0 Å². The molecule has 43 heavy (non-hydrogen) atoms. The molecule has 0 radical (unpaired) electrons. The maximum atomic E-state index is 13.0. The number of amides is 2. The van der Waals surface area contributed by atoms with Gasteiger partial charge in [0.25, 0.3) is 11.8 Å². The number of furan rings is 1. The van der Waals surface area contributed by atoms with Crippen molar-refractivity contribution in [1.29, 1.82) is 5.26 Å². The number of nitriles is 1. The Morgan fingerprint density at radius 1 is 1.02 bits per heavy atom. The summed E-state index contributed by atoms with van der Waals surface area (Å²) in [5.74, 6) is 0.422. The van der Waals surface area contributed by atoms with E-state index in [4.69, 9.17) is 14.4 Å². The van der Waals surface area contributed by atoms with Crippen molar-refractivity contribution in [3.63, 3.8) is 0 Å². The largest absolute Gasteiger partial charge is 0.497 e. The Bertz CT molecular complexity index is 1790. The van der Waals surface area contributed by atoms with Crippen molar-refractivity contribution in [2.45, 2.75) is 25.4 Å². The average molecular weight is 575 g/mol. The van der Waals surface area contributed by atoms with Gasteiger partial charge in [0.2, 0.25) is 0 Å². The number of carbonyl (C=O) groups excluding carboxylic acids is 2. The highest BCUT2D eigenvalue weighted by Gasteiger charge is 2.23. The Kier molecular flexibility index (Phi) is 7.89. The van der Waals surface area contributed by atoms with Crippen LogP contribution in [-0.2, 0) is 6.54 Å². The molecule has 216 valence electrons. The second-order valence-corrected chi connectivity index (χ2v) is 10.5. The van der Waals surface area contributed by atoms with E-state index in [1.54, 1.807) is 42.3 Å². The molecule has 10 nitrogen and oxygen atoms in total. The number of methoxy groups -OCH3 is 1. The molecule has 2 aromatic heterocycles. The van der Waals surface area contributed by atoms with Crippen molar-refractivity contribution in [1.82, 2.24) is 20.0 Å². The third-order valence-corrected chi connectivity index (χ3v) is 7.59. The van der Waals surface area contributed by atoms with Crippen molar-refractivity contribution < 1.29 is 18.7 Å². The monoisotopic (exact) mass is 574 g/mol. The van der Waals surface area contributed by atoms with E-state index in [9.17, 15) is 9.59 Å². The Balaban J connectivity index is 1.03. The summed E-state index contributed by atoms with van der Waals surface area (Å²) < 4.78 is 12.6. The van der Waals surface area contributed by atoms with Gasteiger partial charge in [0.05, 0.1) is 36.2 Å². The Morgan fingerprint density at radius 2 is 1.79 bits per heavy atom. The van der Waals surface area contributed by atoms with Gasteiger partial charge in [-0.2, -0.15) is 10.4 Å². The predicted octanol–water partition coefficient (Wildman–Crippen LogP) is 5.15. The number of aromatic nitrogens is 2. The molecule has 0 saturated carbocycles. The van der Waals surface area contributed by atoms with Gasteiger partial charge in [-0.1, -0.05) is 12.1 Å². The van der Waals surface area contributed by atoms with E-state index in [2.05, 4.69) is 26.7 Å². The zero-order chi connectivity index (χ0) is 29.8. The molecule has 0 aliphatic carbocycles. The molecule has 3 aromatic carbocycles. The van der Waals surface area contributed by atoms with Gasteiger partial charge in [0, 0.05) is 42.9 Å². The van der Waals surface area contributed by atoms with Crippen LogP contribution in [0.1, 0.15) is 44.9 Å². The van der Waals surface area contributed by atoms with Crippen molar-refractivity contribution in [2.24, 2.45) is 0 Å². The highest BCUT2D eigenvalue weighted by molar-refractivity contribution is 6.05. The standard InChI is InChI=1S/C33H30N6O4/c1-42-29-9-7-28(8-10-29)39-21-25(19-35-39)32(40)37-27-6-11-30-24(16-27)17-31(43-30)33(41)36-26-12-14-38(15-13-26)20-23-4-2-22(18-34)3-5-23/h2-11,16-17,19,21,26H,12-15,20H2,1H3,(H,36,41)(H,37,40). The van der Waals surface area contributed by atoms with Gasteiger partial charge in [-0.3, -0.25) is 14.5 Å². The molecule has 1 aliphatic heterocycles. The minimum absolute atomic E-state index is 0.0617. The van der Waals surface area contributed by atoms with E-state index in [1.165, 1.54) is 11.8 Å². The molecule has 0 bridgehead atoms. The van der Waals surface area contributed by atoms with Crippen molar-refractivity contribution in [2.75, 3.05) is 25.5 Å². The van der Waals surface area contributed by atoms with Crippen LogP contribution in [0.3, 0.4) is 0 Å². The number of carbonyl (C=O) groups is 2. The molecule has 0 unspecified atom stereocenters. The predicted molar refractivity (Wildman–Crippen MR) is 161 cm³/mol. The lowest BCUT2D eigenvalue weighted by molar-refractivity contribution is 0.0883. The molecular formula is C33H30N6O4. The number of likely N-dealkylation sites (tertiary alicyclic amines) is 1. The zero-order valence-electron chi connectivity index (χ0n) is 23.6. The number of benzene rings is 3. The van der Waals surface area contributed by atoms with Gasteiger partial charge in [-0.25, -0.2) is 4.68 Å². The summed E-state index contributed by atoms with van der Waals surface area (Å²) in [6.45, 7) is 2.56. The van der Waals surface area contributed by atoms with E-state index in [-0.39, 0.29) is 23.6 Å². The van der Waals surface area contributed by atoms with Crippen LogP contribution in [0.5, 0.6) is 5.75 Å². The molecule has 1 saturated heterocycles. The van der Waals surface area contributed by atoms with Gasteiger partial charge in [-0.15, -0.1) is 0 Å². The Labute approximate surface area is 248 Å². The smallest absolute Gasteiger partial charge is 0.287 e. The van der Waals surface area contributed by atoms with Crippen LogP contribution in [0.2, 0.25) is 0 Å². The summed E-state index contributed by atoms with van der Waals surface area (Å²) >= 11 is 0. The Morgan fingerprint density at radius 3 is 2.51 bits per heavy atom. The summed E-state index contributed by atoms with van der Waals surface area (Å²) in [5, 5.41) is 20.0. The topological polar surface area (TPSA) is 125 Å². The lowest BCUT2D eigenvalue weighted by Gasteiger charge is -2.32. The normalized spacial score (nSPS) is 13.9. The number of nitrogens with zero attached hydrogens (tertiary/aromatic N) is 4. The number of rotatable bonds is 8. The highest BCUT2D eigenvalue weighted by Crippen LogP contribution is 2.24. The van der Waals surface area contributed by atoms with Crippen molar-refractivity contribution >= 4 is 28.5 Å². The molecule has 10 heteroatoms. The lowest BCUT2D eigenvalue weighted by atomic mass is 10.0. The van der Waals surface area contributed by atoms with E-state index < -0.39 is 0 Å². The Hall–Kier alpha value is -5.40. The number of fused-ring (bicyclic) bond motifs is 1. The number of hydrogen-bond donors (Lipinski definition) is 2. The van der Waals surface area contributed by atoms with Gasteiger partial charge in [-0.05, 0) is 79.1 Å². The fourth-order valence-electron chi connectivity index (χ4n) is 5.19. The van der Waals surface area contributed by atoms with Crippen LogP contribution in [0.4, 0.5) is 5.69 Å². The summed E-state index contributed by atoms with van der Waals surface area (Å²) in [7, 11) is 1.61. The second-order valence-electron chi connectivity index (χ2n) is 10.5. The van der Waals surface area contributed by atoms with Crippen LogP contribution < -0.4 is 15.4 Å². The molecule has 0 spiro atoms. The maximum absolute atomic E-state index is 13.0. The summed E-state index contributed by atoms with van der Waals surface area (Å²) in [6, 6.07) is 24.2. The first-order valence-corrected chi connectivity index (χ1v) is 14.0. The van der Waals surface area contributed by atoms with E-state index in [0.29, 0.717) is 27.8 Å². The highest BCUT2D eigenvalue weighted by atomic mass is 16.5. The minimum Gasteiger partial charge on any atom is -0.497 e. The minimum atomic E-state index is -0.300. The van der Waals surface area contributed by atoms with Crippen LogP contribution in [0.15, 0.2) is 89.6 Å². The first-order chi connectivity index (χ1) is 21.0. The third kappa shape index (κ3) is 6.42. The third-order valence-electron chi connectivity index (χ3n) is 7.59. The van der Waals surface area contributed by atoms with Gasteiger partial charge in [0.15, 0.2) is 5.76 Å². The number of piperidine rings is 1. The number of anilines is 1. The van der Waals surface area contributed by atoms with Crippen molar-refractivity contribution in [3.8, 4) is 17.5 Å². The van der Waals surface area contributed by atoms with Crippen LogP contribution in [0.25, 0.3) is 16.7 Å². The quantitative estimate of drug-likeness (QED) is 0.263. The summed E-state index contributed by atoms with van der Waals surface area (Å²) in [5.41, 5.74) is 4.18. The molecule has 6 rings (SSSR count). The van der Waals surface area contributed by atoms with Gasteiger partial charge < -0.3 is 19.8 Å². The van der Waals surface area contributed by atoms with Gasteiger partial charge in [0.1, 0.15) is 11.3 Å². The molecule has 1 aliphatic rings. The zero-order valence-corrected chi connectivity index (χ0v) is 23.6. The van der Waals surface area contributed by atoms with E-state index in [0.717, 1.165) is 43.9 Å². The molecule has 0 atom stereocenters. The second kappa shape index (κ2) is 12.2. The summed E-state index contributed by atoms with van der Waals surface area (Å²) in [4.78, 5) is 28.2. The SMILES string of the molecule is COc1ccc(-n2cc(C(=O)Nc3ccc4oc(C(=O)NC5CCN(Cc6ccc(C#N)cc6)CC5)cc4c3)cn2)cc1. The maximum Gasteiger partial charge on any atom is 0.287 e. The fourth-order valence-corrected chi connectivity index (χ4v) is 5.19. The number of hydrogen-bond acceptors (Lipinski definition) is 7. The molecule has 2 amide bonds. The van der Waals surface area contributed by atoms with Crippen LogP contribution in [0, 0.1) is 11.3 Å². The van der Waals surface area contributed by atoms with E-state index in [1.807, 2.05) is 48.5 Å².